The first kappa shape index (κ1) is 20.2. The van der Waals surface area contributed by atoms with E-state index >= 15 is 0 Å². The van der Waals surface area contributed by atoms with Crippen molar-refractivity contribution in [3.8, 4) is 11.8 Å². The summed E-state index contributed by atoms with van der Waals surface area (Å²) in [5, 5.41) is 0.555. The number of rotatable bonds is 2. The Kier molecular flexibility index (Phi) is 5.91. The largest absolute Gasteiger partial charge is 0.588 e. The fraction of sp³-hybridized carbons (Fsp3) is 0.0833. The maximum Gasteiger partial charge on any atom is 0.245 e. The second kappa shape index (κ2) is 8.76. The second-order valence-corrected chi connectivity index (χ2v) is 8.63. The zero-order chi connectivity index (χ0) is 21.1. The van der Waals surface area contributed by atoms with Crippen LogP contribution in [0.5, 0.6) is 0 Å². The third-order valence-electron chi connectivity index (χ3n) is 4.66. The van der Waals surface area contributed by atoms with Gasteiger partial charge in [-0.2, -0.15) is 4.31 Å². The van der Waals surface area contributed by atoms with Crippen LogP contribution in [-0.2, 0) is 17.8 Å². The molecule has 2 heterocycles. The van der Waals surface area contributed by atoms with E-state index in [-0.39, 0.29) is 10.7 Å². The Balaban J connectivity index is 1.66. The van der Waals surface area contributed by atoms with Crippen LogP contribution in [0.2, 0.25) is 5.02 Å². The summed E-state index contributed by atoms with van der Waals surface area (Å²) in [7, 11) is 1.71. The van der Waals surface area contributed by atoms with Crippen LogP contribution in [-0.4, -0.2) is 22.4 Å². The van der Waals surface area contributed by atoms with Crippen molar-refractivity contribution >= 4 is 40.5 Å². The van der Waals surface area contributed by atoms with Gasteiger partial charge >= 0.3 is 0 Å². The fourth-order valence-electron chi connectivity index (χ4n) is 3.13. The Morgan fingerprint density at radius 3 is 2.73 bits per heavy atom. The number of benzene rings is 2. The minimum absolute atomic E-state index is 0.217. The van der Waals surface area contributed by atoms with E-state index in [2.05, 4.69) is 16.8 Å². The fourth-order valence-corrected chi connectivity index (χ4v) is 4.47. The van der Waals surface area contributed by atoms with Gasteiger partial charge in [-0.05, 0) is 53.6 Å². The molecule has 0 saturated carbocycles. The molecule has 0 aliphatic carbocycles. The average molecular weight is 433 g/mol. The van der Waals surface area contributed by atoms with Crippen LogP contribution in [0.4, 0.5) is 5.69 Å². The van der Waals surface area contributed by atoms with Gasteiger partial charge in [0, 0.05) is 35.5 Å². The van der Waals surface area contributed by atoms with Crippen molar-refractivity contribution in [1.82, 2.24) is 4.98 Å². The van der Waals surface area contributed by atoms with Crippen molar-refractivity contribution in [2.75, 3.05) is 11.4 Å². The minimum Gasteiger partial charge on any atom is -0.588 e. The molecule has 6 heteroatoms. The zero-order valence-electron chi connectivity index (χ0n) is 16.1. The van der Waals surface area contributed by atoms with Gasteiger partial charge in [-0.1, -0.05) is 35.6 Å². The highest BCUT2D eigenvalue weighted by Gasteiger charge is 2.38. The molecule has 0 amide bonds. The van der Waals surface area contributed by atoms with E-state index in [9.17, 15) is 9.35 Å². The van der Waals surface area contributed by atoms with Gasteiger partial charge in [0.2, 0.25) is 10.7 Å². The second-order valence-electron chi connectivity index (χ2n) is 6.71. The summed E-state index contributed by atoms with van der Waals surface area (Å²) in [4.78, 5) is 17.3. The summed E-state index contributed by atoms with van der Waals surface area (Å²) in [6.07, 6.45) is 5.69. The predicted octanol–water partition coefficient (Wildman–Crippen LogP) is 4.67. The Morgan fingerprint density at radius 1 is 1.17 bits per heavy atom. The lowest BCUT2D eigenvalue weighted by Gasteiger charge is -2.29. The number of halogens is 1. The molecule has 4 nitrogen and oxygen atoms in total. The summed E-state index contributed by atoms with van der Waals surface area (Å²) < 4.78 is 14.5. The highest BCUT2D eigenvalue weighted by Crippen LogP contribution is 2.35. The minimum atomic E-state index is -1.60. The van der Waals surface area contributed by atoms with Crippen LogP contribution >= 0.6 is 11.6 Å². The Morgan fingerprint density at radius 2 is 1.97 bits per heavy atom. The molecule has 1 unspecified atom stereocenters. The van der Waals surface area contributed by atoms with Gasteiger partial charge in [-0.15, -0.1) is 0 Å². The van der Waals surface area contributed by atoms with E-state index in [1.807, 2.05) is 24.3 Å². The van der Waals surface area contributed by atoms with E-state index in [4.69, 9.17) is 11.6 Å². The van der Waals surface area contributed by atoms with Crippen LogP contribution in [0.1, 0.15) is 27.0 Å². The van der Waals surface area contributed by atoms with Gasteiger partial charge < -0.3 is 4.55 Å². The molecule has 1 atom stereocenters. The summed E-state index contributed by atoms with van der Waals surface area (Å²) >= 11 is 4.44. The third kappa shape index (κ3) is 4.27. The van der Waals surface area contributed by atoms with Crippen LogP contribution in [0.15, 0.2) is 71.9 Å². The molecular weight excluding hydrogens is 416 g/mol. The standard InChI is InChI=1S/C24H17ClN2O2S/c1-27-22-9-8-18(5-2-4-17-10-12-26-13-11-17)15-21(22)24(28)23(30(27)29)16-19-6-3-7-20(25)14-19/h3,6-16H,4H2,1H3/b23-16-. The molecule has 3 aromatic rings. The van der Waals surface area contributed by atoms with Crippen molar-refractivity contribution in [1.29, 1.82) is 0 Å². The topological polar surface area (TPSA) is 56.3 Å². The molecule has 2 aromatic carbocycles. The molecule has 30 heavy (non-hydrogen) atoms. The summed E-state index contributed by atoms with van der Waals surface area (Å²) in [5.74, 6) is 5.97. The van der Waals surface area contributed by atoms with Gasteiger partial charge in [0.15, 0.2) is 0 Å². The maximum absolute atomic E-state index is 13.1. The number of aromatic nitrogens is 1. The number of nitrogens with zero attached hydrogens (tertiary/aromatic N) is 2. The smallest absolute Gasteiger partial charge is 0.245 e. The van der Waals surface area contributed by atoms with E-state index in [1.165, 1.54) is 0 Å². The van der Waals surface area contributed by atoms with Crippen LogP contribution in [0.3, 0.4) is 0 Å². The summed E-state index contributed by atoms with van der Waals surface area (Å²) in [5.41, 5.74) is 3.65. The number of fused-ring (bicyclic) bond motifs is 1. The van der Waals surface area contributed by atoms with E-state index in [1.54, 1.807) is 60.2 Å². The first-order chi connectivity index (χ1) is 14.5. The number of carbonyl (C=O) groups is 1. The third-order valence-corrected chi connectivity index (χ3v) is 6.27. The molecular formula is C24H17ClN2O2S. The first-order valence-electron chi connectivity index (χ1n) is 9.22. The number of ketones is 1. The summed E-state index contributed by atoms with van der Waals surface area (Å²) in [6, 6.07) is 16.3. The Labute approximate surface area is 183 Å². The number of hydrogen-bond acceptors (Lipinski definition) is 4. The zero-order valence-corrected chi connectivity index (χ0v) is 17.7. The lowest BCUT2D eigenvalue weighted by atomic mass is 10.0. The van der Waals surface area contributed by atoms with Crippen molar-refractivity contribution in [2.45, 2.75) is 6.42 Å². The van der Waals surface area contributed by atoms with Crippen LogP contribution < -0.4 is 4.31 Å². The highest BCUT2D eigenvalue weighted by atomic mass is 35.5. The molecule has 1 aromatic heterocycles. The Bertz CT molecular complexity index is 1200. The Hall–Kier alpha value is -3.04. The molecule has 0 bridgehead atoms. The normalized spacial score (nSPS) is 16.8. The lowest BCUT2D eigenvalue weighted by molar-refractivity contribution is 0.104. The lowest BCUT2D eigenvalue weighted by Crippen LogP contribution is -2.36. The number of carbonyl (C=O) groups excluding carboxylic acids is 1. The predicted molar refractivity (Wildman–Crippen MR) is 122 cm³/mol. The van der Waals surface area contributed by atoms with Crippen LogP contribution in [0, 0.1) is 11.8 Å². The molecule has 0 radical (unpaired) electrons. The van der Waals surface area contributed by atoms with Gasteiger partial charge in [0.05, 0.1) is 18.3 Å². The molecule has 0 fully saturated rings. The molecule has 0 spiro atoms. The number of allylic oxidation sites excluding steroid dienone is 1. The molecule has 4 rings (SSSR count). The van der Waals surface area contributed by atoms with Gasteiger partial charge in [0.25, 0.3) is 0 Å². The van der Waals surface area contributed by atoms with E-state index in [0.29, 0.717) is 22.7 Å². The SMILES string of the molecule is CN1c2ccc(C#CCc3ccncc3)cc2C(=O)/C(=C/c2cccc(Cl)c2)[S+]1[O-]. The average Bonchev–Trinajstić information content (AvgIpc) is 2.76. The molecule has 148 valence electrons. The molecule has 1 aliphatic rings. The van der Waals surface area contributed by atoms with Crippen molar-refractivity contribution < 1.29 is 9.35 Å². The maximum atomic E-state index is 13.1. The molecule has 0 N–H and O–H groups in total. The molecule has 1 aliphatic heterocycles. The van der Waals surface area contributed by atoms with Gasteiger partial charge in [-0.25, -0.2) is 0 Å². The summed E-state index contributed by atoms with van der Waals surface area (Å²) in [6.45, 7) is 0. The molecule has 0 saturated heterocycles. The van der Waals surface area contributed by atoms with Gasteiger partial charge in [-0.3, -0.25) is 9.78 Å². The van der Waals surface area contributed by atoms with E-state index < -0.39 is 11.4 Å². The number of Topliss-reactive ketones (excluding diaryl/α,β-unsaturated/α-hetero) is 1. The monoisotopic (exact) mass is 432 g/mol. The van der Waals surface area contributed by atoms with Crippen LogP contribution in [0.25, 0.3) is 6.08 Å². The first-order valence-corrected chi connectivity index (χ1v) is 10.7. The highest BCUT2D eigenvalue weighted by molar-refractivity contribution is 7.97. The number of hydrogen-bond donors (Lipinski definition) is 0. The van der Waals surface area contributed by atoms with Gasteiger partial charge in [0.1, 0.15) is 11.4 Å². The van der Waals surface area contributed by atoms with Crippen molar-refractivity contribution in [3.63, 3.8) is 0 Å². The quantitative estimate of drug-likeness (QED) is 0.335. The van der Waals surface area contributed by atoms with Crippen molar-refractivity contribution in [3.05, 3.63) is 99.2 Å². The number of pyridine rings is 1. The number of anilines is 1. The van der Waals surface area contributed by atoms with E-state index in [0.717, 1.165) is 16.7 Å². The van der Waals surface area contributed by atoms with Crippen molar-refractivity contribution in [2.24, 2.45) is 0 Å².